The molecule has 19 heavy (non-hydrogen) atoms. The minimum Gasteiger partial charge on any atom is -0.483 e. The van der Waals surface area contributed by atoms with Crippen LogP contribution in [0.1, 0.15) is 17.3 Å². The lowest BCUT2D eigenvalue weighted by atomic mass is 10.1. The lowest BCUT2D eigenvalue weighted by molar-refractivity contribution is 0.0818. The highest BCUT2D eigenvalue weighted by Gasteiger charge is 2.16. The maximum Gasteiger partial charge on any atom is 0.202 e. The molecule has 0 N–H and O–H groups in total. The summed E-state index contributed by atoms with van der Waals surface area (Å²) in [6.07, 6.45) is -0.499. The van der Waals surface area contributed by atoms with Crippen molar-refractivity contribution in [3.8, 4) is 5.75 Å². The first-order valence-electron chi connectivity index (χ1n) is 5.78. The Kier molecular flexibility index (Phi) is 4.99. The van der Waals surface area contributed by atoms with Crippen LogP contribution >= 0.6 is 38.5 Å². The van der Waals surface area contributed by atoms with Crippen molar-refractivity contribution in [2.45, 2.75) is 13.0 Å². The second-order valence-corrected chi connectivity index (χ2v) is 6.25. The molecule has 98 valence electrons. The van der Waals surface area contributed by atoms with Crippen molar-refractivity contribution in [3.05, 3.63) is 62.1 Å². The van der Waals surface area contributed by atoms with E-state index in [2.05, 4.69) is 38.5 Å². The van der Waals surface area contributed by atoms with Crippen LogP contribution < -0.4 is 4.74 Å². The molecule has 0 fully saturated rings. The van der Waals surface area contributed by atoms with Gasteiger partial charge in [0.25, 0.3) is 0 Å². The highest BCUT2D eigenvalue weighted by molar-refractivity contribution is 14.1. The lowest BCUT2D eigenvalue weighted by Crippen LogP contribution is -2.23. The summed E-state index contributed by atoms with van der Waals surface area (Å²) in [6, 6.07) is 14.9. The minimum absolute atomic E-state index is 0.0222. The Bertz CT molecular complexity index is 564. The van der Waals surface area contributed by atoms with Gasteiger partial charge in [-0.25, -0.2) is 0 Å². The molecule has 2 rings (SSSR count). The number of benzene rings is 2. The Morgan fingerprint density at radius 1 is 1.11 bits per heavy atom. The molecule has 0 aliphatic rings. The lowest BCUT2D eigenvalue weighted by Gasteiger charge is -2.13. The molecular formula is C15H12BrIO2. The summed E-state index contributed by atoms with van der Waals surface area (Å²) in [6.45, 7) is 1.77. The SMILES string of the molecule is C[C@H](Oc1ccc(I)cc1)C(=O)c1ccc(Br)cc1. The number of hydrogen-bond acceptors (Lipinski definition) is 2. The molecule has 1 atom stereocenters. The molecule has 0 aromatic heterocycles. The summed E-state index contributed by atoms with van der Waals surface area (Å²) in [4.78, 5) is 12.2. The summed E-state index contributed by atoms with van der Waals surface area (Å²) in [7, 11) is 0. The van der Waals surface area contributed by atoms with Crippen molar-refractivity contribution in [1.29, 1.82) is 0 Å². The maximum absolute atomic E-state index is 12.2. The Morgan fingerprint density at radius 3 is 2.26 bits per heavy atom. The van der Waals surface area contributed by atoms with Gasteiger partial charge in [-0.1, -0.05) is 28.1 Å². The van der Waals surface area contributed by atoms with E-state index in [1.807, 2.05) is 36.4 Å². The third kappa shape index (κ3) is 4.04. The molecule has 0 spiro atoms. The third-order valence-electron chi connectivity index (χ3n) is 2.62. The second kappa shape index (κ2) is 6.52. The Hall–Kier alpha value is -0.880. The van der Waals surface area contributed by atoms with Crippen LogP contribution in [0.4, 0.5) is 0 Å². The van der Waals surface area contributed by atoms with Crippen LogP contribution in [0.25, 0.3) is 0 Å². The van der Waals surface area contributed by atoms with Gasteiger partial charge in [0.2, 0.25) is 5.78 Å². The second-order valence-electron chi connectivity index (χ2n) is 4.09. The monoisotopic (exact) mass is 430 g/mol. The summed E-state index contributed by atoms with van der Waals surface area (Å²) in [5.74, 6) is 0.685. The fourth-order valence-electron chi connectivity index (χ4n) is 1.62. The number of Topliss-reactive ketones (excluding diaryl/α,β-unsaturated/α-hetero) is 1. The van der Waals surface area contributed by atoms with E-state index in [1.54, 1.807) is 19.1 Å². The normalized spacial score (nSPS) is 11.9. The quantitative estimate of drug-likeness (QED) is 0.519. The van der Waals surface area contributed by atoms with Gasteiger partial charge in [0.15, 0.2) is 6.10 Å². The molecule has 2 aromatic rings. The fraction of sp³-hybridized carbons (Fsp3) is 0.133. The van der Waals surface area contributed by atoms with Crippen molar-refractivity contribution in [2.24, 2.45) is 0 Å². The molecule has 0 heterocycles. The van der Waals surface area contributed by atoms with E-state index in [0.29, 0.717) is 11.3 Å². The van der Waals surface area contributed by atoms with Crippen molar-refractivity contribution in [3.63, 3.8) is 0 Å². The number of ketones is 1. The average Bonchev–Trinajstić information content (AvgIpc) is 2.41. The Morgan fingerprint density at radius 2 is 1.68 bits per heavy atom. The van der Waals surface area contributed by atoms with Gasteiger partial charge >= 0.3 is 0 Å². The zero-order valence-corrected chi connectivity index (χ0v) is 14.0. The van der Waals surface area contributed by atoms with Gasteiger partial charge in [-0.05, 0) is 65.9 Å². The zero-order chi connectivity index (χ0) is 13.8. The maximum atomic E-state index is 12.2. The molecule has 0 aliphatic heterocycles. The van der Waals surface area contributed by atoms with Gasteiger partial charge in [-0.3, -0.25) is 4.79 Å². The number of carbonyl (C=O) groups is 1. The minimum atomic E-state index is -0.499. The van der Waals surface area contributed by atoms with Crippen LogP contribution in [0, 0.1) is 3.57 Å². The van der Waals surface area contributed by atoms with Gasteiger partial charge in [0, 0.05) is 13.6 Å². The smallest absolute Gasteiger partial charge is 0.202 e. The number of ether oxygens (including phenoxy) is 1. The number of hydrogen-bond donors (Lipinski definition) is 0. The molecule has 0 saturated carbocycles. The summed E-state index contributed by atoms with van der Waals surface area (Å²) >= 11 is 5.58. The topological polar surface area (TPSA) is 26.3 Å². The zero-order valence-electron chi connectivity index (χ0n) is 10.3. The number of carbonyl (C=O) groups excluding carboxylic acids is 1. The van der Waals surface area contributed by atoms with Gasteiger partial charge in [0.05, 0.1) is 0 Å². The molecule has 0 aliphatic carbocycles. The first-order valence-corrected chi connectivity index (χ1v) is 7.65. The van der Waals surface area contributed by atoms with E-state index in [-0.39, 0.29) is 5.78 Å². The molecule has 0 unspecified atom stereocenters. The highest BCUT2D eigenvalue weighted by atomic mass is 127. The third-order valence-corrected chi connectivity index (χ3v) is 3.87. The molecular weight excluding hydrogens is 419 g/mol. The predicted molar refractivity (Wildman–Crippen MR) is 87.7 cm³/mol. The van der Waals surface area contributed by atoms with Crippen LogP contribution in [0.2, 0.25) is 0 Å². The first kappa shape index (κ1) is 14.5. The Labute approximate surface area is 134 Å². The van der Waals surface area contributed by atoms with Crippen LogP contribution in [0.5, 0.6) is 5.75 Å². The van der Waals surface area contributed by atoms with Gasteiger partial charge < -0.3 is 4.74 Å². The van der Waals surface area contributed by atoms with Crippen molar-refractivity contribution in [2.75, 3.05) is 0 Å². The van der Waals surface area contributed by atoms with Crippen molar-refractivity contribution < 1.29 is 9.53 Å². The van der Waals surface area contributed by atoms with E-state index in [9.17, 15) is 4.79 Å². The number of rotatable bonds is 4. The van der Waals surface area contributed by atoms with Crippen molar-refractivity contribution in [1.82, 2.24) is 0 Å². The summed E-state index contributed by atoms with van der Waals surface area (Å²) < 4.78 is 7.74. The first-order chi connectivity index (χ1) is 9.06. The molecule has 4 heteroatoms. The van der Waals surface area contributed by atoms with Gasteiger partial charge in [0.1, 0.15) is 5.75 Å². The van der Waals surface area contributed by atoms with Crippen LogP contribution in [-0.4, -0.2) is 11.9 Å². The fourth-order valence-corrected chi connectivity index (χ4v) is 2.24. The Balaban J connectivity index is 2.07. The summed E-state index contributed by atoms with van der Waals surface area (Å²) in [5, 5.41) is 0. The number of halogens is 2. The largest absolute Gasteiger partial charge is 0.483 e. The van der Waals surface area contributed by atoms with E-state index in [1.165, 1.54) is 0 Å². The van der Waals surface area contributed by atoms with E-state index in [4.69, 9.17) is 4.74 Å². The molecule has 0 radical (unpaired) electrons. The van der Waals surface area contributed by atoms with Gasteiger partial charge in [-0.15, -0.1) is 0 Å². The van der Waals surface area contributed by atoms with Crippen LogP contribution in [0.3, 0.4) is 0 Å². The van der Waals surface area contributed by atoms with Gasteiger partial charge in [-0.2, -0.15) is 0 Å². The van der Waals surface area contributed by atoms with E-state index in [0.717, 1.165) is 8.04 Å². The van der Waals surface area contributed by atoms with E-state index >= 15 is 0 Å². The van der Waals surface area contributed by atoms with Crippen molar-refractivity contribution >= 4 is 44.3 Å². The molecule has 0 amide bonds. The molecule has 2 aromatic carbocycles. The van der Waals surface area contributed by atoms with Crippen LogP contribution in [-0.2, 0) is 0 Å². The predicted octanol–water partition coefficient (Wildman–Crippen LogP) is 4.70. The average molecular weight is 431 g/mol. The standard InChI is InChI=1S/C15H12BrIO2/c1-10(19-14-8-6-13(17)7-9-14)15(18)11-2-4-12(16)5-3-11/h2-10H,1H3/t10-/m0/s1. The molecule has 0 saturated heterocycles. The van der Waals surface area contributed by atoms with E-state index < -0.39 is 6.10 Å². The highest BCUT2D eigenvalue weighted by Crippen LogP contribution is 2.17. The molecule has 0 bridgehead atoms. The molecule has 2 nitrogen and oxygen atoms in total. The van der Waals surface area contributed by atoms with Crippen LogP contribution in [0.15, 0.2) is 53.0 Å². The summed E-state index contributed by atoms with van der Waals surface area (Å²) in [5.41, 5.74) is 0.654.